The molecule has 3 rings (SSSR count). The SMILES string of the molecule is COc1ccc(N2C(=O)C[C@H](SC(N)=N/N=C/c3ccccc3O)C2=O)cc1. The normalized spacial score (nSPS) is 17.5. The summed E-state index contributed by atoms with van der Waals surface area (Å²) in [6.07, 6.45) is 1.38. The average molecular weight is 398 g/mol. The summed E-state index contributed by atoms with van der Waals surface area (Å²) in [4.78, 5) is 26.0. The van der Waals surface area contributed by atoms with Crippen LogP contribution in [0.15, 0.2) is 58.7 Å². The first-order chi connectivity index (χ1) is 13.5. The third-order valence-electron chi connectivity index (χ3n) is 3.99. The zero-order chi connectivity index (χ0) is 20.1. The van der Waals surface area contributed by atoms with E-state index >= 15 is 0 Å². The number of nitrogens with zero attached hydrogens (tertiary/aromatic N) is 3. The van der Waals surface area contributed by atoms with Crippen molar-refractivity contribution in [2.75, 3.05) is 12.0 Å². The summed E-state index contributed by atoms with van der Waals surface area (Å²) < 4.78 is 5.08. The van der Waals surface area contributed by atoms with Gasteiger partial charge in [0, 0.05) is 12.0 Å². The standard InChI is InChI=1S/C19H18N4O4S/c1-27-14-8-6-13(7-9-14)23-17(25)10-16(18(23)26)28-19(20)22-21-11-12-4-2-3-5-15(12)24/h2-9,11,16,24H,10H2,1H3,(H2,20,22)/b21-11+/t16-/m0/s1. The van der Waals surface area contributed by atoms with Gasteiger partial charge in [0.05, 0.1) is 19.0 Å². The molecule has 0 bridgehead atoms. The molecule has 2 aromatic rings. The minimum absolute atomic E-state index is 0.0228. The Morgan fingerprint density at radius 3 is 2.64 bits per heavy atom. The molecule has 2 aromatic carbocycles. The van der Waals surface area contributed by atoms with Crippen LogP contribution in [0.4, 0.5) is 5.69 Å². The molecule has 0 aliphatic carbocycles. The Hall–Kier alpha value is -3.33. The molecule has 1 heterocycles. The van der Waals surface area contributed by atoms with Gasteiger partial charge in [-0.3, -0.25) is 9.59 Å². The van der Waals surface area contributed by atoms with Gasteiger partial charge in [-0.1, -0.05) is 23.9 Å². The third-order valence-corrected chi connectivity index (χ3v) is 4.96. The van der Waals surface area contributed by atoms with E-state index in [-0.39, 0.29) is 29.2 Å². The Kier molecular flexibility index (Phi) is 5.95. The summed E-state index contributed by atoms with van der Waals surface area (Å²) in [6, 6.07) is 13.3. The number of amidine groups is 1. The van der Waals surface area contributed by atoms with Crippen molar-refractivity contribution in [2.45, 2.75) is 11.7 Å². The molecule has 0 radical (unpaired) electrons. The molecule has 0 spiro atoms. The largest absolute Gasteiger partial charge is 0.507 e. The first-order valence-electron chi connectivity index (χ1n) is 8.31. The van der Waals surface area contributed by atoms with E-state index in [1.807, 2.05) is 0 Å². The number of aromatic hydroxyl groups is 1. The predicted octanol–water partition coefficient (Wildman–Crippen LogP) is 2.11. The number of benzene rings is 2. The Labute approximate surface area is 165 Å². The number of hydrogen-bond acceptors (Lipinski definition) is 7. The molecular weight excluding hydrogens is 380 g/mol. The molecule has 1 atom stereocenters. The molecule has 144 valence electrons. The topological polar surface area (TPSA) is 118 Å². The van der Waals surface area contributed by atoms with Gasteiger partial charge in [-0.15, -0.1) is 5.10 Å². The van der Waals surface area contributed by atoms with E-state index in [1.165, 1.54) is 19.4 Å². The van der Waals surface area contributed by atoms with Gasteiger partial charge in [0.2, 0.25) is 11.8 Å². The van der Waals surface area contributed by atoms with Crippen LogP contribution in [0.25, 0.3) is 0 Å². The van der Waals surface area contributed by atoms with Crippen LogP contribution < -0.4 is 15.4 Å². The number of phenols is 1. The minimum atomic E-state index is -0.668. The third kappa shape index (κ3) is 4.32. The van der Waals surface area contributed by atoms with Crippen molar-refractivity contribution in [3.05, 3.63) is 54.1 Å². The number of imide groups is 1. The van der Waals surface area contributed by atoms with Crippen molar-refractivity contribution in [2.24, 2.45) is 15.9 Å². The molecule has 2 amide bonds. The molecule has 0 unspecified atom stereocenters. The molecule has 1 aliphatic rings. The Morgan fingerprint density at radius 2 is 1.96 bits per heavy atom. The molecular formula is C19H18N4O4S. The van der Waals surface area contributed by atoms with E-state index in [4.69, 9.17) is 10.5 Å². The fourth-order valence-electron chi connectivity index (χ4n) is 2.61. The van der Waals surface area contributed by atoms with Gasteiger partial charge < -0.3 is 15.6 Å². The van der Waals surface area contributed by atoms with Crippen molar-refractivity contribution in [3.8, 4) is 11.5 Å². The van der Waals surface area contributed by atoms with E-state index in [1.54, 1.807) is 42.5 Å². The van der Waals surface area contributed by atoms with Gasteiger partial charge in [-0.05, 0) is 36.4 Å². The lowest BCUT2D eigenvalue weighted by atomic mass is 10.2. The lowest BCUT2D eigenvalue weighted by Crippen LogP contribution is -2.31. The van der Waals surface area contributed by atoms with Crippen molar-refractivity contribution >= 4 is 40.6 Å². The Morgan fingerprint density at radius 1 is 1.25 bits per heavy atom. The first kappa shape index (κ1) is 19.4. The summed E-state index contributed by atoms with van der Waals surface area (Å²) >= 11 is 0.979. The second kappa shape index (κ2) is 8.57. The smallest absolute Gasteiger partial charge is 0.247 e. The van der Waals surface area contributed by atoms with Crippen molar-refractivity contribution in [1.82, 2.24) is 0 Å². The van der Waals surface area contributed by atoms with E-state index in [0.717, 1.165) is 16.7 Å². The number of rotatable bonds is 5. The maximum absolute atomic E-state index is 12.6. The number of nitrogens with two attached hydrogens (primary N) is 1. The number of hydrogen-bond donors (Lipinski definition) is 2. The molecule has 1 fully saturated rings. The lowest BCUT2D eigenvalue weighted by Gasteiger charge is -2.15. The number of methoxy groups -OCH3 is 1. The van der Waals surface area contributed by atoms with Gasteiger partial charge in [-0.25, -0.2) is 4.90 Å². The lowest BCUT2D eigenvalue weighted by molar-refractivity contribution is -0.121. The summed E-state index contributed by atoms with van der Waals surface area (Å²) in [7, 11) is 1.54. The highest BCUT2D eigenvalue weighted by molar-refractivity contribution is 8.14. The fourth-order valence-corrected chi connectivity index (χ4v) is 3.43. The number of phenolic OH excluding ortho intramolecular Hbond substituents is 1. The molecule has 1 aliphatic heterocycles. The molecule has 3 N–H and O–H groups in total. The maximum atomic E-state index is 12.6. The highest BCUT2D eigenvalue weighted by Crippen LogP contribution is 2.30. The maximum Gasteiger partial charge on any atom is 0.247 e. The first-order valence-corrected chi connectivity index (χ1v) is 9.19. The van der Waals surface area contributed by atoms with Crippen LogP contribution in [0.1, 0.15) is 12.0 Å². The predicted molar refractivity (Wildman–Crippen MR) is 109 cm³/mol. The zero-order valence-electron chi connectivity index (χ0n) is 15.0. The number of para-hydroxylation sites is 1. The molecule has 28 heavy (non-hydrogen) atoms. The highest BCUT2D eigenvalue weighted by atomic mass is 32.2. The van der Waals surface area contributed by atoms with Crippen molar-refractivity contribution in [3.63, 3.8) is 0 Å². The number of ether oxygens (including phenoxy) is 1. The van der Waals surface area contributed by atoms with Crippen LogP contribution in [-0.4, -0.2) is 40.7 Å². The van der Waals surface area contributed by atoms with Gasteiger partial charge in [0.1, 0.15) is 16.7 Å². The van der Waals surface area contributed by atoms with Crippen LogP contribution in [-0.2, 0) is 9.59 Å². The van der Waals surface area contributed by atoms with Crippen molar-refractivity contribution in [1.29, 1.82) is 0 Å². The quantitative estimate of drug-likeness (QED) is 0.345. The fraction of sp³-hybridized carbons (Fsp3) is 0.158. The number of carbonyl (C=O) groups excluding carboxylic acids is 2. The van der Waals surface area contributed by atoms with Gasteiger partial charge in [0.25, 0.3) is 0 Å². The summed E-state index contributed by atoms with van der Waals surface area (Å²) in [5, 5.41) is 16.7. The molecule has 1 saturated heterocycles. The van der Waals surface area contributed by atoms with E-state index in [0.29, 0.717) is 17.0 Å². The van der Waals surface area contributed by atoms with E-state index < -0.39 is 5.25 Å². The second-order valence-electron chi connectivity index (χ2n) is 5.82. The molecule has 0 saturated carbocycles. The second-order valence-corrected chi connectivity index (χ2v) is 7.04. The van der Waals surface area contributed by atoms with Crippen molar-refractivity contribution < 1.29 is 19.4 Å². The Bertz CT molecular complexity index is 943. The van der Waals surface area contributed by atoms with Crippen LogP contribution in [0, 0.1) is 0 Å². The van der Waals surface area contributed by atoms with Crippen LogP contribution in [0.5, 0.6) is 11.5 Å². The summed E-state index contributed by atoms with van der Waals surface area (Å²) in [6.45, 7) is 0. The summed E-state index contributed by atoms with van der Waals surface area (Å²) in [5.74, 6) is 0.0352. The minimum Gasteiger partial charge on any atom is -0.507 e. The Balaban J connectivity index is 1.66. The molecule has 0 aromatic heterocycles. The summed E-state index contributed by atoms with van der Waals surface area (Å²) in [5.41, 5.74) is 6.79. The zero-order valence-corrected chi connectivity index (χ0v) is 15.8. The molecule has 8 nitrogen and oxygen atoms in total. The van der Waals surface area contributed by atoms with E-state index in [9.17, 15) is 14.7 Å². The number of carbonyl (C=O) groups is 2. The monoisotopic (exact) mass is 398 g/mol. The van der Waals surface area contributed by atoms with Gasteiger partial charge >= 0.3 is 0 Å². The van der Waals surface area contributed by atoms with Crippen LogP contribution in [0.2, 0.25) is 0 Å². The van der Waals surface area contributed by atoms with Gasteiger partial charge in [0.15, 0.2) is 5.17 Å². The number of thioether (sulfide) groups is 1. The highest BCUT2D eigenvalue weighted by Gasteiger charge is 2.40. The number of amides is 2. The van der Waals surface area contributed by atoms with Crippen LogP contribution >= 0.6 is 11.8 Å². The average Bonchev–Trinajstić information content (AvgIpc) is 2.96. The van der Waals surface area contributed by atoms with Gasteiger partial charge in [-0.2, -0.15) is 5.10 Å². The molecule has 9 heteroatoms. The van der Waals surface area contributed by atoms with E-state index in [2.05, 4.69) is 10.2 Å². The van der Waals surface area contributed by atoms with Crippen LogP contribution in [0.3, 0.4) is 0 Å². The number of anilines is 1.